The molecule has 0 aliphatic carbocycles. The van der Waals surface area contributed by atoms with Crippen molar-refractivity contribution in [3.63, 3.8) is 0 Å². The summed E-state index contributed by atoms with van der Waals surface area (Å²) in [6.45, 7) is 9.99. The molecule has 0 bridgehead atoms. The van der Waals surface area contributed by atoms with Crippen molar-refractivity contribution in [2.45, 2.75) is 135 Å². The second kappa shape index (κ2) is 17.0. The molecule has 0 rings (SSSR count). The maximum Gasteiger partial charge on any atom is 0.254 e. The van der Waals surface area contributed by atoms with Crippen molar-refractivity contribution in [2.24, 2.45) is 0 Å². The lowest BCUT2D eigenvalue weighted by Gasteiger charge is -2.19. The van der Waals surface area contributed by atoms with E-state index in [1.54, 1.807) is 11.5 Å². The van der Waals surface area contributed by atoms with E-state index >= 15 is 0 Å². The Hall–Kier alpha value is -0.410. The summed E-state index contributed by atoms with van der Waals surface area (Å²) in [6, 6.07) is -0.0584. The van der Waals surface area contributed by atoms with Crippen LogP contribution in [0.5, 0.6) is 0 Å². The molecule has 0 saturated heterocycles. The second-order valence-electron chi connectivity index (χ2n) is 7.74. The van der Waals surface area contributed by atoms with Gasteiger partial charge in [-0.3, -0.25) is 0 Å². The number of nitrogens with zero attached hydrogens (tertiary/aromatic N) is 1. The third-order valence-corrected chi connectivity index (χ3v) is 5.35. The van der Waals surface area contributed by atoms with Crippen LogP contribution >= 0.6 is 0 Å². The van der Waals surface area contributed by atoms with Crippen LogP contribution in [0, 0.1) is 0 Å². The fourth-order valence-corrected chi connectivity index (χ4v) is 3.58. The van der Waals surface area contributed by atoms with Crippen LogP contribution in [0.3, 0.4) is 0 Å². The van der Waals surface area contributed by atoms with Crippen LogP contribution < -0.4 is 0 Å². The first-order valence-corrected chi connectivity index (χ1v) is 11.0. The van der Waals surface area contributed by atoms with Crippen LogP contribution in [0.25, 0.3) is 0 Å². The van der Waals surface area contributed by atoms with Crippen molar-refractivity contribution >= 4 is 6.72 Å². The normalized spacial score (nSPS) is 15.1. The SMILES string of the molecule is C=[N+](C(O)CCCCCCCCCCCCCCC)C(CC)C(C)O. The standard InChI is InChI=1S/C22H46NO2/c1-5-7-8-9-10-11-12-13-14-15-16-17-18-19-22(25)23(4)21(6-2)20(3)24/h20-22,24-25H,4-19H2,1-3H3/q+1. The van der Waals surface area contributed by atoms with E-state index < -0.39 is 12.3 Å². The highest BCUT2D eigenvalue weighted by molar-refractivity contribution is 5.15. The molecule has 150 valence electrons. The van der Waals surface area contributed by atoms with Gasteiger partial charge in [0.25, 0.3) is 6.23 Å². The molecule has 0 spiro atoms. The molecule has 0 aromatic rings. The fraction of sp³-hybridized carbons (Fsp3) is 0.955. The minimum Gasteiger partial charge on any atom is -0.387 e. The Morgan fingerprint density at radius 2 is 1.12 bits per heavy atom. The van der Waals surface area contributed by atoms with E-state index in [0.29, 0.717) is 0 Å². The molecule has 25 heavy (non-hydrogen) atoms. The molecule has 3 heteroatoms. The van der Waals surface area contributed by atoms with E-state index in [9.17, 15) is 10.2 Å². The van der Waals surface area contributed by atoms with Gasteiger partial charge in [-0.15, -0.1) is 0 Å². The zero-order valence-electron chi connectivity index (χ0n) is 17.4. The van der Waals surface area contributed by atoms with Crippen LogP contribution in [0.2, 0.25) is 0 Å². The first-order chi connectivity index (χ1) is 12.0. The Balaban J connectivity index is 3.44. The maximum atomic E-state index is 10.2. The molecule has 3 nitrogen and oxygen atoms in total. The molecule has 3 unspecified atom stereocenters. The topological polar surface area (TPSA) is 43.5 Å². The van der Waals surface area contributed by atoms with Gasteiger partial charge in [0.1, 0.15) is 12.8 Å². The molecular weight excluding hydrogens is 310 g/mol. The number of hydrogen-bond donors (Lipinski definition) is 2. The quantitative estimate of drug-likeness (QED) is 0.144. The molecule has 0 aromatic heterocycles. The molecule has 0 saturated carbocycles. The zero-order chi connectivity index (χ0) is 18.9. The van der Waals surface area contributed by atoms with Crippen LogP contribution in [-0.2, 0) is 0 Å². The Labute approximate surface area is 157 Å². The summed E-state index contributed by atoms with van der Waals surface area (Å²) in [5.41, 5.74) is 0. The summed E-state index contributed by atoms with van der Waals surface area (Å²) in [5, 5.41) is 19.9. The Kier molecular flexibility index (Phi) is 16.7. The highest BCUT2D eigenvalue weighted by Crippen LogP contribution is 2.14. The van der Waals surface area contributed by atoms with Crippen molar-refractivity contribution in [3.05, 3.63) is 0 Å². The molecule has 0 aliphatic rings. The maximum absolute atomic E-state index is 10.2. The van der Waals surface area contributed by atoms with Gasteiger partial charge in [0, 0.05) is 12.8 Å². The van der Waals surface area contributed by atoms with Gasteiger partial charge in [-0.25, -0.2) is 4.58 Å². The average Bonchev–Trinajstić information content (AvgIpc) is 2.59. The molecule has 3 atom stereocenters. The van der Waals surface area contributed by atoms with Crippen molar-refractivity contribution in [1.29, 1.82) is 0 Å². The van der Waals surface area contributed by atoms with Crippen LogP contribution in [0.15, 0.2) is 0 Å². The van der Waals surface area contributed by atoms with Crippen molar-refractivity contribution in [3.8, 4) is 0 Å². The minimum atomic E-state index is -0.535. The summed E-state index contributed by atoms with van der Waals surface area (Å²) in [5.74, 6) is 0. The molecule has 0 amide bonds. The largest absolute Gasteiger partial charge is 0.387 e. The molecule has 0 aliphatic heterocycles. The number of rotatable bonds is 18. The van der Waals surface area contributed by atoms with Crippen LogP contribution in [-0.4, -0.2) is 39.9 Å². The minimum absolute atomic E-state index is 0.0584. The summed E-state index contributed by atoms with van der Waals surface area (Å²) in [7, 11) is 0. The third kappa shape index (κ3) is 13.5. The fourth-order valence-electron chi connectivity index (χ4n) is 3.58. The lowest BCUT2D eigenvalue weighted by Crippen LogP contribution is -2.40. The predicted octanol–water partition coefficient (Wildman–Crippen LogP) is 5.66. The van der Waals surface area contributed by atoms with E-state index in [1.807, 2.05) is 6.92 Å². The van der Waals surface area contributed by atoms with E-state index in [-0.39, 0.29) is 6.04 Å². The Morgan fingerprint density at radius 3 is 1.48 bits per heavy atom. The predicted molar refractivity (Wildman–Crippen MR) is 109 cm³/mol. The summed E-state index contributed by atoms with van der Waals surface area (Å²) in [4.78, 5) is 0. The number of unbranched alkanes of at least 4 members (excludes halogenated alkanes) is 12. The monoisotopic (exact) mass is 356 g/mol. The van der Waals surface area contributed by atoms with Gasteiger partial charge >= 0.3 is 0 Å². The van der Waals surface area contributed by atoms with Crippen molar-refractivity contribution < 1.29 is 14.8 Å². The van der Waals surface area contributed by atoms with Gasteiger partial charge in [0.05, 0.1) is 0 Å². The zero-order valence-corrected chi connectivity index (χ0v) is 17.4. The molecule has 2 N–H and O–H groups in total. The molecule has 0 heterocycles. The molecule has 0 fully saturated rings. The third-order valence-electron chi connectivity index (χ3n) is 5.35. The van der Waals surface area contributed by atoms with E-state index in [0.717, 1.165) is 19.3 Å². The number of aliphatic hydroxyl groups is 2. The van der Waals surface area contributed by atoms with Crippen molar-refractivity contribution in [2.75, 3.05) is 0 Å². The molecule has 0 radical (unpaired) electrons. The second-order valence-corrected chi connectivity index (χ2v) is 7.74. The highest BCUT2D eigenvalue weighted by Gasteiger charge is 2.27. The summed E-state index contributed by atoms with van der Waals surface area (Å²) >= 11 is 0. The van der Waals surface area contributed by atoms with E-state index in [4.69, 9.17) is 0 Å². The number of hydrogen-bond acceptors (Lipinski definition) is 2. The highest BCUT2D eigenvalue weighted by atomic mass is 16.3. The Bertz CT molecular complexity index is 304. The van der Waals surface area contributed by atoms with Crippen LogP contribution in [0.1, 0.15) is 117 Å². The van der Waals surface area contributed by atoms with Gasteiger partial charge in [-0.05, 0) is 13.3 Å². The smallest absolute Gasteiger partial charge is 0.254 e. The van der Waals surface area contributed by atoms with Gasteiger partial charge in [0.2, 0.25) is 0 Å². The lowest BCUT2D eigenvalue weighted by molar-refractivity contribution is -0.641. The van der Waals surface area contributed by atoms with E-state index in [2.05, 4.69) is 13.6 Å². The first kappa shape index (κ1) is 24.6. The lowest BCUT2D eigenvalue weighted by atomic mass is 10.0. The summed E-state index contributed by atoms with van der Waals surface area (Å²) in [6.07, 6.45) is 18.0. The molecule has 0 aromatic carbocycles. The van der Waals surface area contributed by atoms with Gasteiger partial charge in [-0.2, -0.15) is 0 Å². The van der Waals surface area contributed by atoms with E-state index in [1.165, 1.54) is 77.0 Å². The molecular formula is C22H46NO2+. The van der Waals surface area contributed by atoms with Gasteiger partial charge < -0.3 is 10.2 Å². The van der Waals surface area contributed by atoms with Gasteiger partial charge in [-0.1, -0.05) is 90.9 Å². The Morgan fingerprint density at radius 1 is 0.720 bits per heavy atom. The van der Waals surface area contributed by atoms with Gasteiger partial charge in [0.15, 0.2) is 6.04 Å². The average molecular weight is 357 g/mol. The van der Waals surface area contributed by atoms with Crippen molar-refractivity contribution in [1.82, 2.24) is 0 Å². The van der Waals surface area contributed by atoms with Crippen LogP contribution in [0.4, 0.5) is 0 Å². The summed E-state index contributed by atoms with van der Waals surface area (Å²) < 4.78 is 1.69. The number of aliphatic hydroxyl groups excluding tert-OH is 2. The first-order valence-electron chi connectivity index (χ1n) is 11.0.